The molecule has 114 valence electrons. The summed E-state index contributed by atoms with van der Waals surface area (Å²) < 4.78 is 0. The maximum absolute atomic E-state index is 12.4. The van der Waals surface area contributed by atoms with E-state index in [0.717, 1.165) is 5.56 Å². The third-order valence-corrected chi connectivity index (χ3v) is 3.58. The van der Waals surface area contributed by atoms with Crippen LogP contribution in [0.15, 0.2) is 72.3 Å². The molecular weight excluding hydrogens is 312 g/mol. The number of nitrogens with zero attached hydrogens (tertiary/aromatic N) is 1. The van der Waals surface area contributed by atoms with Gasteiger partial charge in [0.05, 0.1) is 5.69 Å². The summed E-state index contributed by atoms with van der Waals surface area (Å²) >= 11 is 5.83. The zero-order valence-electron chi connectivity index (χ0n) is 12.1. The Morgan fingerprint density at radius 1 is 0.957 bits per heavy atom. The average Bonchev–Trinajstić information content (AvgIpc) is 2.85. The molecule has 0 atom stereocenters. The van der Waals surface area contributed by atoms with E-state index in [1.165, 1.54) is 11.1 Å². The number of hydrogen-bond acceptors (Lipinski definition) is 2. The van der Waals surface area contributed by atoms with Gasteiger partial charge in [0.2, 0.25) is 0 Å². The smallest absolute Gasteiger partial charge is 0.267 e. The van der Waals surface area contributed by atoms with Gasteiger partial charge in [0, 0.05) is 5.02 Å². The highest BCUT2D eigenvalue weighted by Crippen LogP contribution is 2.21. The van der Waals surface area contributed by atoms with Gasteiger partial charge in [0.15, 0.2) is 0 Å². The van der Waals surface area contributed by atoms with E-state index in [1.54, 1.807) is 30.3 Å². The zero-order chi connectivity index (χ0) is 16.2. The van der Waals surface area contributed by atoms with Crippen LogP contribution in [0.3, 0.4) is 0 Å². The van der Waals surface area contributed by atoms with Crippen LogP contribution in [0.25, 0.3) is 6.08 Å². The molecule has 0 radical (unpaired) electrons. The summed E-state index contributed by atoms with van der Waals surface area (Å²) in [7, 11) is 0. The van der Waals surface area contributed by atoms with Crippen molar-refractivity contribution >= 4 is 35.2 Å². The lowest BCUT2D eigenvalue weighted by molar-refractivity contribution is -0.117. The largest absolute Gasteiger partial charge is 0.282 e. The van der Waals surface area contributed by atoms with Crippen LogP contribution >= 0.6 is 11.6 Å². The van der Waals surface area contributed by atoms with Gasteiger partial charge in [0.25, 0.3) is 11.8 Å². The number of carbonyl (C=O) groups is 2. The highest BCUT2D eigenvalue weighted by Gasteiger charge is 2.33. The molecular formula is C18H13ClN2O2. The van der Waals surface area contributed by atoms with Crippen molar-refractivity contribution in [2.45, 2.75) is 0 Å². The molecule has 2 amide bonds. The molecule has 0 saturated carbocycles. The minimum Gasteiger partial charge on any atom is -0.267 e. The molecule has 1 fully saturated rings. The first-order valence-corrected chi connectivity index (χ1v) is 7.37. The molecule has 5 heteroatoms. The highest BCUT2D eigenvalue weighted by atomic mass is 35.5. The van der Waals surface area contributed by atoms with E-state index in [4.69, 9.17) is 11.6 Å². The van der Waals surface area contributed by atoms with E-state index >= 15 is 0 Å². The molecule has 1 heterocycles. The van der Waals surface area contributed by atoms with E-state index in [-0.39, 0.29) is 5.57 Å². The first kappa shape index (κ1) is 15.1. The third-order valence-electron chi connectivity index (χ3n) is 3.33. The Morgan fingerprint density at radius 2 is 1.65 bits per heavy atom. The van der Waals surface area contributed by atoms with Gasteiger partial charge in [-0.3, -0.25) is 15.0 Å². The second-order valence-electron chi connectivity index (χ2n) is 4.91. The summed E-state index contributed by atoms with van der Waals surface area (Å²) in [5.41, 5.74) is 4.18. The number of halogens is 1. The van der Waals surface area contributed by atoms with Crippen LogP contribution < -0.4 is 10.4 Å². The fourth-order valence-electron chi connectivity index (χ4n) is 2.17. The summed E-state index contributed by atoms with van der Waals surface area (Å²) in [5, 5.41) is 1.77. The number of benzene rings is 2. The number of anilines is 1. The maximum Gasteiger partial charge on any atom is 0.282 e. The van der Waals surface area contributed by atoms with Crippen molar-refractivity contribution in [2.24, 2.45) is 0 Å². The number of rotatable bonds is 3. The second-order valence-corrected chi connectivity index (χ2v) is 5.34. The topological polar surface area (TPSA) is 49.4 Å². The van der Waals surface area contributed by atoms with Crippen LogP contribution in [0, 0.1) is 0 Å². The van der Waals surface area contributed by atoms with Crippen molar-refractivity contribution in [3.05, 3.63) is 82.9 Å². The molecule has 3 rings (SSSR count). The van der Waals surface area contributed by atoms with Crippen molar-refractivity contribution in [1.29, 1.82) is 0 Å². The van der Waals surface area contributed by atoms with Crippen molar-refractivity contribution < 1.29 is 9.59 Å². The predicted octanol–water partition coefficient (Wildman–Crippen LogP) is 3.36. The molecule has 0 bridgehead atoms. The lowest BCUT2D eigenvalue weighted by Crippen LogP contribution is -2.35. The fourth-order valence-corrected chi connectivity index (χ4v) is 2.29. The number of hydrazine groups is 1. The van der Waals surface area contributed by atoms with E-state index in [0.29, 0.717) is 10.7 Å². The van der Waals surface area contributed by atoms with Gasteiger partial charge < -0.3 is 0 Å². The van der Waals surface area contributed by atoms with Crippen LogP contribution in [-0.4, -0.2) is 11.8 Å². The molecule has 1 aliphatic heterocycles. The first-order chi connectivity index (χ1) is 11.1. The Labute approximate surface area is 138 Å². The number of carbonyl (C=O) groups excluding carboxylic acids is 2. The highest BCUT2D eigenvalue weighted by molar-refractivity contribution is 6.31. The molecule has 2 aromatic rings. The zero-order valence-corrected chi connectivity index (χ0v) is 12.8. The van der Waals surface area contributed by atoms with E-state index in [2.05, 4.69) is 5.43 Å². The van der Waals surface area contributed by atoms with Gasteiger partial charge in [-0.25, -0.2) is 5.01 Å². The fraction of sp³-hybridized carbons (Fsp3) is 0. The van der Waals surface area contributed by atoms with Crippen molar-refractivity contribution in [1.82, 2.24) is 5.43 Å². The molecule has 1 aliphatic rings. The SMILES string of the molecule is O=C1NN(c2ccc(Cl)cc2)C(=O)C1=CC=Cc1ccccc1. The molecule has 0 unspecified atom stereocenters. The van der Waals surface area contributed by atoms with Gasteiger partial charge in [-0.05, 0) is 35.9 Å². The Bertz CT molecular complexity index is 796. The maximum atomic E-state index is 12.4. The molecule has 4 nitrogen and oxygen atoms in total. The number of hydrogen-bond donors (Lipinski definition) is 1. The summed E-state index contributed by atoms with van der Waals surface area (Å²) in [5.74, 6) is -0.822. The summed E-state index contributed by atoms with van der Waals surface area (Å²) in [4.78, 5) is 24.3. The standard InChI is InChI=1S/C18H13ClN2O2/c19-14-9-11-15(12-10-14)21-18(23)16(17(22)20-21)8-4-7-13-5-2-1-3-6-13/h1-12H,(H,20,22). The molecule has 1 N–H and O–H groups in total. The molecule has 1 saturated heterocycles. The van der Waals surface area contributed by atoms with Crippen LogP contribution in [0.2, 0.25) is 5.02 Å². The van der Waals surface area contributed by atoms with Crippen LogP contribution in [0.1, 0.15) is 5.56 Å². The van der Waals surface area contributed by atoms with E-state index in [1.807, 2.05) is 36.4 Å². The Hall–Kier alpha value is -2.85. The van der Waals surface area contributed by atoms with Crippen molar-refractivity contribution in [3.63, 3.8) is 0 Å². The minimum absolute atomic E-state index is 0.0899. The molecule has 0 aromatic heterocycles. The normalized spacial score (nSPS) is 16.4. The van der Waals surface area contributed by atoms with Gasteiger partial charge in [-0.15, -0.1) is 0 Å². The molecule has 0 spiro atoms. The van der Waals surface area contributed by atoms with Gasteiger partial charge >= 0.3 is 0 Å². The van der Waals surface area contributed by atoms with E-state index in [9.17, 15) is 9.59 Å². The third kappa shape index (κ3) is 3.33. The van der Waals surface area contributed by atoms with Crippen molar-refractivity contribution in [2.75, 3.05) is 5.01 Å². The van der Waals surface area contributed by atoms with Crippen LogP contribution in [-0.2, 0) is 9.59 Å². The van der Waals surface area contributed by atoms with Gasteiger partial charge in [0.1, 0.15) is 5.57 Å². The van der Waals surface area contributed by atoms with E-state index < -0.39 is 11.8 Å². The summed E-state index contributed by atoms with van der Waals surface area (Å²) in [6, 6.07) is 16.3. The Balaban J connectivity index is 1.80. The Morgan fingerprint density at radius 3 is 2.35 bits per heavy atom. The lowest BCUT2D eigenvalue weighted by Gasteiger charge is -2.14. The minimum atomic E-state index is -0.428. The number of amides is 2. The summed E-state index contributed by atoms with van der Waals surface area (Å²) in [6.07, 6.45) is 5.03. The number of nitrogens with one attached hydrogen (secondary N) is 1. The predicted molar refractivity (Wildman–Crippen MR) is 90.6 cm³/mol. The van der Waals surface area contributed by atoms with Crippen LogP contribution in [0.5, 0.6) is 0 Å². The van der Waals surface area contributed by atoms with Crippen molar-refractivity contribution in [3.8, 4) is 0 Å². The monoisotopic (exact) mass is 324 g/mol. The average molecular weight is 325 g/mol. The van der Waals surface area contributed by atoms with Gasteiger partial charge in [-0.1, -0.05) is 54.1 Å². The number of allylic oxidation sites excluding steroid dienone is 2. The second kappa shape index (κ2) is 6.50. The lowest BCUT2D eigenvalue weighted by atomic mass is 10.2. The molecule has 2 aromatic carbocycles. The Kier molecular flexibility index (Phi) is 4.26. The quantitative estimate of drug-likeness (QED) is 0.695. The summed E-state index contributed by atoms with van der Waals surface area (Å²) in [6.45, 7) is 0. The van der Waals surface area contributed by atoms with Gasteiger partial charge in [-0.2, -0.15) is 0 Å². The van der Waals surface area contributed by atoms with Crippen LogP contribution in [0.4, 0.5) is 5.69 Å². The first-order valence-electron chi connectivity index (χ1n) is 6.99. The molecule has 23 heavy (non-hydrogen) atoms. The molecule has 0 aliphatic carbocycles.